The number of nitrogens with one attached hydrogen (secondary N) is 2. The van der Waals surface area contributed by atoms with E-state index in [0.29, 0.717) is 6.42 Å². The summed E-state index contributed by atoms with van der Waals surface area (Å²) in [4.78, 5) is 14.5. The van der Waals surface area contributed by atoms with Gasteiger partial charge in [-0.05, 0) is 41.6 Å². The van der Waals surface area contributed by atoms with Crippen molar-refractivity contribution < 1.29 is 4.79 Å². The van der Waals surface area contributed by atoms with Crippen molar-refractivity contribution >= 4 is 42.2 Å². The van der Waals surface area contributed by atoms with Crippen LogP contribution < -0.4 is 16.5 Å². The maximum atomic E-state index is 12.1. The lowest BCUT2D eigenvalue weighted by Gasteiger charge is -2.38. The van der Waals surface area contributed by atoms with E-state index in [1.54, 1.807) is 18.4 Å². The molecule has 118 valence electrons. The molecule has 1 aromatic heterocycles. The Kier molecular flexibility index (Phi) is 3.68. The highest BCUT2D eigenvalue weighted by Gasteiger charge is 2.38. The Morgan fingerprint density at radius 1 is 1.35 bits per heavy atom. The van der Waals surface area contributed by atoms with E-state index in [0.717, 1.165) is 27.2 Å². The summed E-state index contributed by atoms with van der Waals surface area (Å²) in [6, 6.07) is 8.07. The number of rotatable bonds is 2. The number of carbonyl (C=O) groups excluding carboxylic acids is 1. The van der Waals surface area contributed by atoms with Gasteiger partial charge >= 0.3 is 0 Å². The highest BCUT2D eigenvalue weighted by molar-refractivity contribution is 7.10. The van der Waals surface area contributed by atoms with E-state index < -0.39 is 5.54 Å². The second kappa shape index (κ2) is 5.42. The Labute approximate surface area is 140 Å². The summed E-state index contributed by atoms with van der Waals surface area (Å²) in [5, 5.41) is 13.2. The molecule has 3 rings (SSSR count). The summed E-state index contributed by atoms with van der Waals surface area (Å²) in [5.74, 6) is 0.0875. The topological polar surface area (TPSA) is 82.2 Å². The first kappa shape index (κ1) is 15.6. The molecule has 0 spiro atoms. The van der Waals surface area contributed by atoms with Crippen molar-refractivity contribution in [3.63, 3.8) is 0 Å². The first-order chi connectivity index (χ1) is 10.8. The molecule has 4 N–H and O–H groups in total. The van der Waals surface area contributed by atoms with Gasteiger partial charge in [-0.25, -0.2) is 0 Å². The third kappa shape index (κ3) is 2.84. The summed E-state index contributed by atoms with van der Waals surface area (Å²) in [7, 11) is 3.64. The van der Waals surface area contributed by atoms with Gasteiger partial charge in [-0.3, -0.25) is 15.1 Å². The van der Waals surface area contributed by atoms with Crippen molar-refractivity contribution in [1.82, 2.24) is 10.2 Å². The maximum Gasteiger partial charge on any atom is 0.231 e. The second-order valence-electron chi connectivity index (χ2n) is 6.27. The summed E-state index contributed by atoms with van der Waals surface area (Å²) in [5.41, 5.74) is 9.41. The van der Waals surface area contributed by atoms with E-state index in [1.807, 2.05) is 26.9 Å². The standard InChI is InChI=1S/C16H19BN4OS/c1-16(7-14(22)21(2)15(19)20-16)13-5-10(8-23-13)9-3-11(17)6-12(18)4-9/h3-6,8H,7,17-18H2,1-2H3,(H2,19,20)/t16-/m0/s1. The van der Waals surface area contributed by atoms with Crippen LogP contribution in [0.1, 0.15) is 18.2 Å². The molecule has 0 saturated carbocycles. The smallest absolute Gasteiger partial charge is 0.231 e. The predicted octanol–water partition coefficient (Wildman–Crippen LogP) is 0.857. The van der Waals surface area contributed by atoms with Gasteiger partial charge in [0.25, 0.3) is 0 Å². The van der Waals surface area contributed by atoms with Crippen LogP contribution in [0, 0.1) is 5.41 Å². The van der Waals surface area contributed by atoms with Crippen LogP contribution in [-0.2, 0) is 10.3 Å². The molecule has 0 unspecified atom stereocenters. The van der Waals surface area contributed by atoms with Gasteiger partial charge in [0.05, 0.1) is 12.0 Å². The van der Waals surface area contributed by atoms with Crippen molar-refractivity contribution in [2.75, 3.05) is 12.8 Å². The van der Waals surface area contributed by atoms with Crippen LogP contribution >= 0.6 is 11.3 Å². The largest absolute Gasteiger partial charge is 0.399 e. The predicted molar refractivity (Wildman–Crippen MR) is 97.9 cm³/mol. The van der Waals surface area contributed by atoms with Gasteiger partial charge in [0.1, 0.15) is 7.85 Å². The average Bonchev–Trinajstić information content (AvgIpc) is 2.94. The summed E-state index contributed by atoms with van der Waals surface area (Å²) in [6.45, 7) is 1.96. The summed E-state index contributed by atoms with van der Waals surface area (Å²) in [6.07, 6.45) is 0.335. The molecule has 1 saturated heterocycles. The first-order valence-corrected chi connectivity index (χ1v) is 8.26. The lowest BCUT2D eigenvalue weighted by atomic mass is 9.90. The molecule has 1 aliphatic heterocycles. The Morgan fingerprint density at radius 3 is 2.74 bits per heavy atom. The van der Waals surface area contributed by atoms with E-state index in [2.05, 4.69) is 22.8 Å². The molecule has 0 radical (unpaired) electrons. The van der Waals surface area contributed by atoms with Crippen molar-refractivity contribution in [2.45, 2.75) is 18.9 Å². The molecule has 23 heavy (non-hydrogen) atoms. The van der Waals surface area contributed by atoms with Crippen molar-refractivity contribution in [3.05, 3.63) is 34.5 Å². The lowest BCUT2D eigenvalue weighted by molar-refractivity contribution is -0.129. The molecule has 0 aliphatic carbocycles. The minimum atomic E-state index is -0.543. The number of carbonyl (C=O) groups is 1. The average molecular weight is 326 g/mol. The normalized spacial score (nSPS) is 21.4. The van der Waals surface area contributed by atoms with E-state index in [4.69, 9.17) is 11.1 Å². The van der Waals surface area contributed by atoms with Gasteiger partial charge in [0.2, 0.25) is 5.91 Å². The van der Waals surface area contributed by atoms with Gasteiger partial charge in [0, 0.05) is 17.6 Å². The molecule has 1 atom stereocenters. The quantitative estimate of drug-likeness (QED) is 0.565. The molecule has 7 heteroatoms. The number of thiophene rings is 1. The van der Waals surface area contributed by atoms with Gasteiger partial charge in [-0.1, -0.05) is 11.5 Å². The van der Waals surface area contributed by atoms with Crippen LogP contribution in [0.5, 0.6) is 0 Å². The minimum Gasteiger partial charge on any atom is -0.399 e. The van der Waals surface area contributed by atoms with Crippen LogP contribution in [0.2, 0.25) is 0 Å². The van der Waals surface area contributed by atoms with Gasteiger partial charge in [-0.2, -0.15) is 0 Å². The molecule has 1 aliphatic rings. The molecule has 1 amide bonds. The molecule has 2 heterocycles. The van der Waals surface area contributed by atoms with E-state index in [9.17, 15) is 4.79 Å². The molecule has 1 fully saturated rings. The molecule has 5 nitrogen and oxygen atoms in total. The third-order valence-electron chi connectivity index (χ3n) is 4.18. The number of hydrogen-bond acceptors (Lipinski definition) is 4. The lowest BCUT2D eigenvalue weighted by Crippen LogP contribution is -2.57. The highest BCUT2D eigenvalue weighted by Crippen LogP contribution is 2.36. The van der Waals surface area contributed by atoms with Gasteiger partial charge in [-0.15, -0.1) is 11.3 Å². The Hall–Kier alpha value is -2.28. The van der Waals surface area contributed by atoms with Crippen LogP contribution in [0.3, 0.4) is 0 Å². The van der Waals surface area contributed by atoms with Crippen molar-refractivity contribution in [2.24, 2.45) is 0 Å². The zero-order valence-corrected chi connectivity index (χ0v) is 14.3. The molecule has 0 bridgehead atoms. The number of guanidine groups is 1. The second-order valence-corrected chi connectivity index (χ2v) is 7.18. The Balaban J connectivity index is 1.95. The number of nitrogens with two attached hydrogens (primary N) is 1. The first-order valence-electron chi connectivity index (χ1n) is 7.38. The molecule has 1 aromatic carbocycles. The maximum absolute atomic E-state index is 12.1. The number of nitrogens with zero attached hydrogens (tertiary/aromatic N) is 1. The molecule has 2 aromatic rings. The number of anilines is 1. The number of amides is 1. The summed E-state index contributed by atoms with van der Waals surface area (Å²) < 4.78 is 0. The van der Waals surface area contributed by atoms with Gasteiger partial charge < -0.3 is 11.1 Å². The molecular formula is C16H19BN4OS. The fourth-order valence-electron chi connectivity index (χ4n) is 2.84. The number of hydrogen-bond donors (Lipinski definition) is 3. The fourth-order valence-corrected chi connectivity index (χ4v) is 3.88. The number of nitrogen functional groups attached to an aromatic ring is 1. The van der Waals surface area contributed by atoms with Crippen LogP contribution in [0.25, 0.3) is 11.1 Å². The Morgan fingerprint density at radius 2 is 2.09 bits per heavy atom. The van der Waals surface area contributed by atoms with E-state index in [1.165, 1.54) is 4.90 Å². The fraction of sp³-hybridized carbons (Fsp3) is 0.250. The molecular weight excluding hydrogens is 307 g/mol. The van der Waals surface area contributed by atoms with Gasteiger partial charge in [0.15, 0.2) is 5.96 Å². The zero-order valence-electron chi connectivity index (χ0n) is 13.4. The summed E-state index contributed by atoms with van der Waals surface area (Å²) >= 11 is 1.60. The minimum absolute atomic E-state index is 0.0500. The van der Waals surface area contributed by atoms with Crippen molar-refractivity contribution in [3.8, 4) is 11.1 Å². The Bertz CT molecular complexity index is 763. The third-order valence-corrected chi connectivity index (χ3v) is 5.38. The van der Waals surface area contributed by atoms with Crippen LogP contribution in [0.15, 0.2) is 29.6 Å². The highest BCUT2D eigenvalue weighted by atomic mass is 32.1. The van der Waals surface area contributed by atoms with Crippen LogP contribution in [-0.4, -0.2) is 31.7 Å². The number of benzene rings is 1. The zero-order chi connectivity index (χ0) is 16.8. The van der Waals surface area contributed by atoms with Crippen molar-refractivity contribution in [1.29, 1.82) is 5.41 Å². The van der Waals surface area contributed by atoms with Crippen LogP contribution in [0.4, 0.5) is 5.69 Å². The SMILES string of the molecule is Bc1cc(N)cc(-c2csc([C@]3(C)CC(=O)N(C)C(=N)N3)c2)c1. The monoisotopic (exact) mass is 326 g/mol. The van der Waals surface area contributed by atoms with E-state index >= 15 is 0 Å². The van der Waals surface area contributed by atoms with E-state index in [-0.39, 0.29) is 11.9 Å².